The number of hydrogen-bond acceptors (Lipinski definition) is 2. The number of rotatable bonds is 4. The molecule has 6 heteroatoms. The lowest BCUT2D eigenvalue weighted by Gasteiger charge is -2.10. The third-order valence-corrected chi connectivity index (χ3v) is 1.63. The lowest BCUT2D eigenvalue weighted by Crippen LogP contribution is -2.23. The zero-order valence-corrected chi connectivity index (χ0v) is 7.80. The van der Waals surface area contributed by atoms with Crippen LogP contribution in [0.5, 0.6) is 0 Å². The fourth-order valence-electron chi connectivity index (χ4n) is 1.08. The van der Waals surface area contributed by atoms with E-state index in [0.717, 1.165) is 6.42 Å². The first kappa shape index (κ1) is 10.9. The molecule has 1 aromatic rings. The molecule has 0 aliphatic rings. The van der Waals surface area contributed by atoms with Crippen molar-refractivity contribution < 1.29 is 13.2 Å². The number of alkyl halides is 3. The second-order valence-corrected chi connectivity index (χ2v) is 2.91. The molecule has 0 bridgehead atoms. The van der Waals surface area contributed by atoms with Gasteiger partial charge in [0.1, 0.15) is 6.54 Å². The summed E-state index contributed by atoms with van der Waals surface area (Å²) in [5.41, 5.74) is 0. The van der Waals surface area contributed by atoms with Gasteiger partial charge in [-0.3, -0.25) is 0 Å². The molecular weight excluding hydrogens is 195 g/mol. The number of aromatic nitrogens is 2. The summed E-state index contributed by atoms with van der Waals surface area (Å²) in [6.07, 6.45) is -0.212. The Balaban J connectivity index is 2.53. The molecule has 0 unspecified atom stereocenters. The van der Waals surface area contributed by atoms with Crippen LogP contribution in [0.3, 0.4) is 0 Å². The first-order valence-electron chi connectivity index (χ1n) is 4.34. The van der Waals surface area contributed by atoms with Crippen molar-refractivity contribution >= 4 is 5.95 Å². The van der Waals surface area contributed by atoms with Crippen molar-refractivity contribution in [2.75, 3.05) is 11.9 Å². The Bertz CT molecular complexity index is 280. The molecule has 0 aliphatic carbocycles. The van der Waals surface area contributed by atoms with E-state index < -0.39 is 12.7 Å². The van der Waals surface area contributed by atoms with E-state index in [1.54, 1.807) is 10.8 Å². The van der Waals surface area contributed by atoms with Gasteiger partial charge in [0.15, 0.2) is 0 Å². The summed E-state index contributed by atoms with van der Waals surface area (Å²) in [5, 5.41) is 2.24. The van der Waals surface area contributed by atoms with Crippen molar-refractivity contribution in [3.05, 3.63) is 12.4 Å². The Labute approximate surface area is 79.9 Å². The van der Waals surface area contributed by atoms with Gasteiger partial charge >= 0.3 is 6.18 Å². The van der Waals surface area contributed by atoms with Gasteiger partial charge in [-0.05, 0) is 6.42 Å². The van der Waals surface area contributed by atoms with E-state index >= 15 is 0 Å². The second-order valence-electron chi connectivity index (χ2n) is 2.91. The van der Waals surface area contributed by atoms with Gasteiger partial charge in [0.2, 0.25) is 5.95 Å². The van der Waals surface area contributed by atoms with Crippen LogP contribution in [0.4, 0.5) is 19.1 Å². The number of nitrogens with one attached hydrogen (secondary N) is 1. The predicted molar refractivity (Wildman–Crippen MR) is 47.1 cm³/mol. The molecule has 14 heavy (non-hydrogen) atoms. The predicted octanol–water partition coefficient (Wildman–Crippen LogP) is 2.27. The van der Waals surface area contributed by atoms with Gasteiger partial charge in [0.25, 0.3) is 0 Å². The summed E-state index contributed by atoms with van der Waals surface area (Å²) in [6, 6.07) is 0. The third kappa shape index (κ3) is 3.27. The molecule has 1 aromatic heterocycles. The van der Waals surface area contributed by atoms with Crippen LogP contribution in [0.2, 0.25) is 0 Å². The standard InChI is InChI=1S/C8H12F3N3/c1-2-4-14-5-3-12-7(14)13-6-8(9,10)11/h3,5H,2,4,6H2,1H3,(H,12,13). The van der Waals surface area contributed by atoms with Gasteiger partial charge in [-0.1, -0.05) is 6.92 Å². The Kier molecular flexibility index (Phi) is 3.38. The van der Waals surface area contributed by atoms with Crippen LogP contribution in [0, 0.1) is 0 Å². The van der Waals surface area contributed by atoms with Crippen LogP contribution in [0.1, 0.15) is 13.3 Å². The molecule has 3 nitrogen and oxygen atoms in total. The number of anilines is 1. The van der Waals surface area contributed by atoms with E-state index in [4.69, 9.17) is 0 Å². The summed E-state index contributed by atoms with van der Waals surface area (Å²) in [7, 11) is 0. The highest BCUT2D eigenvalue weighted by atomic mass is 19.4. The van der Waals surface area contributed by atoms with Crippen LogP contribution in [0.25, 0.3) is 0 Å². The lowest BCUT2D eigenvalue weighted by atomic mass is 10.5. The first-order chi connectivity index (χ1) is 6.53. The smallest absolute Gasteiger partial charge is 0.347 e. The number of halogens is 3. The molecule has 80 valence electrons. The first-order valence-corrected chi connectivity index (χ1v) is 4.34. The van der Waals surface area contributed by atoms with E-state index in [2.05, 4.69) is 10.3 Å². The van der Waals surface area contributed by atoms with Crippen molar-refractivity contribution in [1.29, 1.82) is 0 Å². The van der Waals surface area contributed by atoms with Gasteiger partial charge in [-0.25, -0.2) is 4.98 Å². The Morgan fingerprint density at radius 3 is 2.79 bits per heavy atom. The van der Waals surface area contributed by atoms with Crippen molar-refractivity contribution in [2.45, 2.75) is 26.1 Å². The molecule has 0 atom stereocenters. The molecule has 0 saturated heterocycles. The third-order valence-electron chi connectivity index (χ3n) is 1.63. The SMILES string of the molecule is CCCn1ccnc1NCC(F)(F)F. The van der Waals surface area contributed by atoms with Gasteiger partial charge < -0.3 is 9.88 Å². The average Bonchev–Trinajstić information content (AvgIpc) is 2.48. The van der Waals surface area contributed by atoms with Crippen LogP contribution in [-0.4, -0.2) is 22.3 Å². The number of aryl methyl sites for hydroxylation is 1. The summed E-state index contributed by atoms with van der Waals surface area (Å²) >= 11 is 0. The van der Waals surface area contributed by atoms with E-state index in [0.29, 0.717) is 6.54 Å². The monoisotopic (exact) mass is 207 g/mol. The van der Waals surface area contributed by atoms with Crippen molar-refractivity contribution in [1.82, 2.24) is 9.55 Å². The number of imidazole rings is 1. The largest absolute Gasteiger partial charge is 0.405 e. The van der Waals surface area contributed by atoms with Crippen molar-refractivity contribution in [2.24, 2.45) is 0 Å². The zero-order chi connectivity index (χ0) is 10.6. The maximum absolute atomic E-state index is 11.9. The molecule has 0 amide bonds. The summed E-state index contributed by atoms with van der Waals surface area (Å²) in [6.45, 7) is 1.57. The molecule has 1 heterocycles. The van der Waals surface area contributed by atoms with Crippen LogP contribution >= 0.6 is 0 Å². The molecular formula is C8H12F3N3. The van der Waals surface area contributed by atoms with Gasteiger partial charge in [0, 0.05) is 18.9 Å². The fourth-order valence-corrected chi connectivity index (χ4v) is 1.08. The van der Waals surface area contributed by atoms with Crippen LogP contribution in [-0.2, 0) is 6.54 Å². The topological polar surface area (TPSA) is 29.9 Å². The highest BCUT2D eigenvalue weighted by Gasteiger charge is 2.27. The summed E-state index contributed by atoms with van der Waals surface area (Å²) in [5.74, 6) is 0.268. The zero-order valence-electron chi connectivity index (χ0n) is 7.80. The van der Waals surface area contributed by atoms with Gasteiger partial charge in [-0.2, -0.15) is 13.2 Å². The van der Waals surface area contributed by atoms with Gasteiger partial charge in [0.05, 0.1) is 0 Å². The van der Waals surface area contributed by atoms with E-state index in [1.807, 2.05) is 6.92 Å². The summed E-state index contributed by atoms with van der Waals surface area (Å²) in [4.78, 5) is 3.79. The second kappa shape index (κ2) is 4.34. The maximum atomic E-state index is 11.9. The number of nitrogens with zero attached hydrogens (tertiary/aromatic N) is 2. The molecule has 0 fully saturated rings. The van der Waals surface area contributed by atoms with Crippen LogP contribution < -0.4 is 5.32 Å². The van der Waals surface area contributed by atoms with Crippen LogP contribution in [0.15, 0.2) is 12.4 Å². The molecule has 1 rings (SSSR count). The molecule has 0 radical (unpaired) electrons. The van der Waals surface area contributed by atoms with E-state index in [-0.39, 0.29) is 5.95 Å². The van der Waals surface area contributed by atoms with Crippen molar-refractivity contribution in [3.8, 4) is 0 Å². The van der Waals surface area contributed by atoms with Crippen molar-refractivity contribution in [3.63, 3.8) is 0 Å². The lowest BCUT2D eigenvalue weighted by molar-refractivity contribution is -0.115. The highest BCUT2D eigenvalue weighted by molar-refractivity contribution is 5.25. The normalized spacial score (nSPS) is 11.7. The molecule has 0 aliphatic heterocycles. The minimum atomic E-state index is -4.21. The Hall–Kier alpha value is -1.20. The Morgan fingerprint density at radius 1 is 1.50 bits per heavy atom. The molecule has 0 aromatic carbocycles. The summed E-state index contributed by atoms with van der Waals surface area (Å²) < 4.78 is 37.3. The van der Waals surface area contributed by atoms with Gasteiger partial charge in [-0.15, -0.1) is 0 Å². The van der Waals surface area contributed by atoms with E-state index in [9.17, 15) is 13.2 Å². The molecule has 0 spiro atoms. The van der Waals surface area contributed by atoms with E-state index in [1.165, 1.54) is 6.20 Å². The maximum Gasteiger partial charge on any atom is 0.405 e. The molecule has 1 N–H and O–H groups in total. The minimum Gasteiger partial charge on any atom is -0.347 e. The highest BCUT2D eigenvalue weighted by Crippen LogP contribution is 2.15. The molecule has 0 saturated carbocycles. The quantitative estimate of drug-likeness (QED) is 0.820. The minimum absolute atomic E-state index is 0.268. The number of hydrogen-bond donors (Lipinski definition) is 1. The fraction of sp³-hybridized carbons (Fsp3) is 0.625. The average molecular weight is 207 g/mol. The Morgan fingerprint density at radius 2 is 2.21 bits per heavy atom.